The molecule has 0 aliphatic rings. The third kappa shape index (κ3) is 2.99. The van der Waals surface area contributed by atoms with Crippen molar-refractivity contribution in [1.29, 1.82) is 0 Å². The summed E-state index contributed by atoms with van der Waals surface area (Å²) in [6, 6.07) is 0. The molecule has 1 aromatic rings. The van der Waals surface area contributed by atoms with Crippen LogP contribution in [0.4, 0.5) is 23.2 Å². The SMILES string of the molecule is C=CCNC(=S)Nc1c(F)c(F)c(Br)c(F)c1F. The van der Waals surface area contributed by atoms with Gasteiger partial charge in [-0.1, -0.05) is 6.08 Å². The fourth-order valence-electron chi connectivity index (χ4n) is 1.04. The summed E-state index contributed by atoms with van der Waals surface area (Å²) in [5.74, 6) is -6.21. The van der Waals surface area contributed by atoms with Gasteiger partial charge >= 0.3 is 0 Å². The number of anilines is 1. The average Bonchev–Trinajstić information content (AvgIpc) is 2.36. The van der Waals surface area contributed by atoms with E-state index in [2.05, 4.69) is 40.0 Å². The van der Waals surface area contributed by atoms with Gasteiger partial charge in [-0.3, -0.25) is 0 Å². The zero-order valence-electron chi connectivity index (χ0n) is 8.79. The molecule has 2 N–H and O–H groups in total. The van der Waals surface area contributed by atoms with E-state index >= 15 is 0 Å². The lowest BCUT2D eigenvalue weighted by molar-refractivity contribution is 0.452. The van der Waals surface area contributed by atoms with Gasteiger partial charge in [0, 0.05) is 6.54 Å². The van der Waals surface area contributed by atoms with E-state index in [1.807, 2.05) is 5.32 Å². The first-order valence-corrected chi connectivity index (χ1v) is 5.77. The largest absolute Gasteiger partial charge is 0.359 e. The summed E-state index contributed by atoms with van der Waals surface area (Å²) in [6.45, 7) is 3.62. The van der Waals surface area contributed by atoms with Crippen LogP contribution in [-0.2, 0) is 0 Å². The van der Waals surface area contributed by atoms with Gasteiger partial charge in [-0.05, 0) is 28.1 Å². The van der Waals surface area contributed by atoms with Gasteiger partial charge in [0.2, 0.25) is 0 Å². The van der Waals surface area contributed by atoms with E-state index in [-0.39, 0.29) is 11.7 Å². The summed E-state index contributed by atoms with van der Waals surface area (Å²) in [6.07, 6.45) is 1.45. The maximum atomic E-state index is 13.4. The molecule has 0 bridgehead atoms. The minimum absolute atomic E-state index is 0.186. The van der Waals surface area contributed by atoms with Crippen molar-refractivity contribution >= 4 is 38.9 Å². The summed E-state index contributed by atoms with van der Waals surface area (Å²) in [7, 11) is 0. The summed E-state index contributed by atoms with van der Waals surface area (Å²) in [5, 5.41) is 4.36. The smallest absolute Gasteiger partial charge is 0.186 e. The van der Waals surface area contributed by atoms with Crippen LogP contribution in [0, 0.1) is 23.3 Å². The first-order valence-electron chi connectivity index (χ1n) is 4.57. The molecule has 98 valence electrons. The maximum Gasteiger partial charge on any atom is 0.186 e. The number of hydrogen-bond donors (Lipinski definition) is 2. The second-order valence-corrected chi connectivity index (χ2v) is 4.27. The maximum absolute atomic E-state index is 13.4. The van der Waals surface area contributed by atoms with Crippen molar-refractivity contribution in [3.05, 3.63) is 40.4 Å². The molecule has 0 saturated carbocycles. The second kappa shape index (κ2) is 6.14. The number of thiocarbonyl (C=S) groups is 1. The molecule has 0 fully saturated rings. The van der Waals surface area contributed by atoms with Gasteiger partial charge < -0.3 is 10.6 Å². The molecular weight excluding hydrogens is 336 g/mol. The van der Waals surface area contributed by atoms with E-state index in [4.69, 9.17) is 0 Å². The van der Waals surface area contributed by atoms with E-state index in [1.165, 1.54) is 6.08 Å². The predicted octanol–water partition coefficient (Wildman–Crippen LogP) is 3.48. The van der Waals surface area contributed by atoms with Crippen molar-refractivity contribution in [2.75, 3.05) is 11.9 Å². The number of halogens is 5. The fourth-order valence-corrected chi connectivity index (χ4v) is 1.57. The molecule has 0 aromatic heterocycles. The summed E-state index contributed by atoms with van der Waals surface area (Å²) >= 11 is 7.08. The van der Waals surface area contributed by atoms with E-state index < -0.39 is 33.4 Å². The van der Waals surface area contributed by atoms with Crippen molar-refractivity contribution < 1.29 is 17.6 Å². The number of rotatable bonds is 3. The van der Waals surface area contributed by atoms with Gasteiger partial charge in [0.15, 0.2) is 28.4 Å². The Morgan fingerprint density at radius 1 is 1.17 bits per heavy atom. The lowest BCUT2D eigenvalue weighted by atomic mass is 10.2. The van der Waals surface area contributed by atoms with Crippen molar-refractivity contribution in [3.63, 3.8) is 0 Å². The first-order chi connectivity index (χ1) is 8.40. The van der Waals surface area contributed by atoms with Crippen LogP contribution in [-0.4, -0.2) is 11.7 Å². The van der Waals surface area contributed by atoms with Gasteiger partial charge in [-0.2, -0.15) is 0 Å². The summed E-state index contributed by atoms with van der Waals surface area (Å²) in [4.78, 5) is 0. The molecule has 0 saturated heterocycles. The number of benzene rings is 1. The Bertz CT molecular complexity index is 478. The normalized spacial score (nSPS) is 10.1. The van der Waals surface area contributed by atoms with E-state index in [9.17, 15) is 17.6 Å². The van der Waals surface area contributed by atoms with E-state index in [1.54, 1.807) is 0 Å². The molecule has 1 rings (SSSR count). The van der Waals surface area contributed by atoms with Crippen molar-refractivity contribution in [2.45, 2.75) is 0 Å². The highest BCUT2D eigenvalue weighted by molar-refractivity contribution is 9.10. The Morgan fingerprint density at radius 3 is 2.11 bits per heavy atom. The standard InChI is InChI=1S/C10H7BrF4N2S/c1-2-3-16-10(18)17-9-7(14)5(12)4(11)6(13)8(9)15/h2H,1,3H2,(H2,16,17,18). The molecule has 0 radical (unpaired) electrons. The van der Waals surface area contributed by atoms with Crippen molar-refractivity contribution in [1.82, 2.24) is 5.32 Å². The van der Waals surface area contributed by atoms with Gasteiger partial charge in [0.05, 0.1) is 4.47 Å². The minimum atomic E-state index is -1.57. The fraction of sp³-hybridized carbons (Fsp3) is 0.100. The number of nitrogens with one attached hydrogen (secondary N) is 2. The zero-order chi connectivity index (χ0) is 13.9. The topological polar surface area (TPSA) is 24.1 Å². The Morgan fingerprint density at radius 2 is 1.67 bits per heavy atom. The highest BCUT2D eigenvalue weighted by atomic mass is 79.9. The lowest BCUT2D eigenvalue weighted by Crippen LogP contribution is -2.29. The monoisotopic (exact) mass is 342 g/mol. The van der Waals surface area contributed by atoms with E-state index in [0.717, 1.165) is 0 Å². The van der Waals surface area contributed by atoms with Crippen molar-refractivity contribution in [2.24, 2.45) is 0 Å². The Kier molecular flexibility index (Phi) is 5.09. The Hall–Kier alpha value is -1.15. The van der Waals surface area contributed by atoms with E-state index in [0.29, 0.717) is 0 Å². The summed E-state index contributed by atoms with van der Waals surface area (Å²) in [5.41, 5.74) is -0.991. The van der Waals surface area contributed by atoms with Crippen LogP contribution >= 0.6 is 28.1 Å². The molecule has 0 atom stereocenters. The minimum Gasteiger partial charge on any atom is -0.359 e. The lowest BCUT2D eigenvalue weighted by Gasteiger charge is -2.12. The van der Waals surface area contributed by atoms with Crippen LogP contribution in [0.15, 0.2) is 17.1 Å². The zero-order valence-corrected chi connectivity index (χ0v) is 11.2. The molecule has 0 amide bonds. The molecule has 0 aliphatic carbocycles. The van der Waals surface area contributed by atoms with Crippen LogP contribution in [0.25, 0.3) is 0 Å². The molecule has 0 aliphatic heterocycles. The van der Waals surface area contributed by atoms with Crippen LogP contribution in [0.2, 0.25) is 0 Å². The molecule has 18 heavy (non-hydrogen) atoms. The summed E-state index contributed by atoms with van der Waals surface area (Å²) < 4.78 is 52.3. The molecular formula is C10H7BrF4N2S. The van der Waals surface area contributed by atoms with Crippen LogP contribution < -0.4 is 10.6 Å². The molecule has 0 heterocycles. The quantitative estimate of drug-likeness (QED) is 0.289. The molecule has 0 unspecified atom stereocenters. The third-order valence-corrected chi connectivity index (χ3v) is 2.80. The van der Waals surface area contributed by atoms with Crippen LogP contribution in [0.3, 0.4) is 0 Å². The third-order valence-electron chi connectivity index (χ3n) is 1.86. The highest BCUT2D eigenvalue weighted by Gasteiger charge is 2.24. The van der Waals surface area contributed by atoms with Gasteiger partial charge in [0.25, 0.3) is 0 Å². The predicted molar refractivity (Wildman–Crippen MR) is 68.4 cm³/mol. The average molecular weight is 343 g/mol. The number of hydrogen-bond acceptors (Lipinski definition) is 1. The van der Waals surface area contributed by atoms with Crippen LogP contribution in [0.5, 0.6) is 0 Å². The Labute approximate surface area is 114 Å². The van der Waals surface area contributed by atoms with Crippen LogP contribution in [0.1, 0.15) is 0 Å². The van der Waals surface area contributed by atoms with Gasteiger partial charge in [-0.15, -0.1) is 6.58 Å². The molecule has 0 spiro atoms. The second-order valence-electron chi connectivity index (χ2n) is 3.07. The Balaban J connectivity index is 3.10. The molecule has 8 heteroatoms. The van der Waals surface area contributed by atoms with Crippen molar-refractivity contribution in [3.8, 4) is 0 Å². The van der Waals surface area contributed by atoms with Gasteiger partial charge in [-0.25, -0.2) is 17.6 Å². The molecule has 1 aromatic carbocycles. The highest BCUT2D eigenvalue weighted by Crippen LogP contribution is 2.31. The van der Waals surface area contributed by atoms with Gasteiger partial charge in [0.1, 0.15) is 5.69 Å². The first kappa shape index (κ1) is 14.9. The molecule has 2 nitrogen and oxygen atoms in total.